The van der Waals surface area contributed by atoms with Crippen molar-refractivity contribution in [1.82, 2.24) is 0 Å². The summed E-state index contributed by atoms with van der Waals surface area (Å²) in [6, 6.07) is 14.7. The molecule has 1 atom stereocenters. The van der Waals surface area contributed by atoms with Crippen LogP contribution in [0.15, 0.2) is 53.9 Å². The summed E-state index contributed by atoms with van der Waals surface area (Å²) in [4.78, 5) is 38.2. The molecule has 0 saturated heterocycles. The summed E-state index contributed by atoms with van der Waals surface area (Å²) in [5, 5.41) is 11.1. The number of carbonyl (C=O) groups is 3. The summed E-state index contributed by atoms with van der Waals surface area (Å²) in [5.41, 5.74) is 1.77. The van der Waals surface area contributed by atoms with Gasteiger partial charge >= 0.3 is 5.97 Å². The maximum atomic E-state index is 13.1. The zero-order chi connectivity index (χ0) is 22.1. The Morgan fingerprint density at radius 3 is 2.68 bits per heavy atom. The van der Waals surface area contributed by atoms with Gasteiger partial charge in [0.15, 0.2) is 0 Å². The van der Waals surface area contributed by atoms with Crippen LogP contribution >= 0.6 is 22.9 Å². The van der Waals surface area contributed by atoms with Crippen LogP contribution in [0.1, 0.15) is 44.0 Å². The number of hydrogen-bond acceptors (Lipinski definition) is 5. The molecule has 2 heterocycles. The smallest absolute Gasteiger partial charge is 0.346 e. The Hall–Kier alpha value is -3.16. The van der Waals surface area contributed by atoms with E-state index in [1.165, 1.54) is 11.4 Å². The number of carbonyl (C=O) groups excluding carboxylic acids is 2. The maximum Gasteiger partial charge on any atom is 0.346 e. The van der Waals surface area contributed by atoms with E-state index in [0.29, 0.717) is 17.9 Å². The summed E-state index contributed by atoms with van der Waals surface area (Å²) in [6.07, 6.45) is -0.0721. The normalized spacial score (nSPS) is 14.3. The number of aromatic carboxylic acids is 1. The van der Waals surface area contributed by atoms with Gasteiger partial charge in [-0.1, -0.05) is 48.9 Å². The zero-order valence-electron chi connectivity index (χ0n) is 16.5. The minimum Gasteiger partial charge on any atom is -0.493 e. The van der Waals surface area contributed by atoms with Gasteiger partial charge in [-0.2, -0.15) is 0 Å². The van der Waals surface area contributed by atoms with Gasteiger partial charge in [0, 0.05) is 12.0 Å². The SMILES string of the molecule is CC(COc1ccc(Cl)c(N2C(=O)Cc3csc(C(=O)O)c3C2=O)c1)c1ccccc1. The minimum absolute atomic E-state index is 0.0391. The molecule has 2 aromatic carbocycles. The van der Waals surface area contributed by atoms with Gasteiger partial charge in [-0.15, -0.1) is 11.3 Å². The number of carboxylic acids is 1. The molecule has 0 fully saturated rings. The predicted molar refractivity (Wildman–Crippen MR) is 119 cm³/mol. The van der Waals surface area contributed by atoms with E-state index in [2.05, 4.69) is 0 Å². The molecule has 1 aliphatic rings. The number of thiophene rings is 1. The van der Waals surface area contributed by atoms with Gasteiger partial charge in [0.25, 0.3) is 5.91 Å². The Labute approximate surface area is 187 Å². The fraction of sp³-hybridized carbons (Fsp3) is 0.174. The highest BCUT2D eigenvalue weighted by molar-refractivity contribution is 7.12. The van der Waals surface area contributed by atoms with Gasteiger partial charge in [0.2, 0.25) is 5.91 Å². The number of rotatable bonds is 6. The lowest BCUT2D eigenvalue weighted by Crippen LogP contribution is -2.42. The number of fused-ring (bicyclic) bond motifs is 1. The van der Waals surface area contributed by atoms with Crippen LogP contribution in [0.5, 0.6) is 5.75 Å². The predicted octanol–water partition coefficient (Wildman–Crippen LogP) is 5.01. The number of benzene rings is 2. The molecule has 31 heavy (non-hydrogen) atoms. The number of hydrogen-bond donors (Lipinski definition) is 1. The molecule has 1 aromatic heterocycles. The third-order valence-corrected chi connectivity index (χ3v) is 6.43. The van der Waals surface area contributed by atoms with Gasteiger partial charge in [-0.3, -0.25) is 9.59 Å². The maximum absolute atomic E-state index is 13.1. The van der Waals surface area contributed by atoms with Crippen molar-refractivity contribution in [2.75, 3.05) is 11.5 Å². The van der Waals surface area contributed by atoms with Crippen LogP contribution < -0.4 is 9.64 Å². The molecule has 0 bridgehead atoms. The number of halogens is 1. The second-order valence-corrected chi connectivity index (χ2v) is 8.50. The van der Waals surface area contributed by atoms with Crippen molar-refractivity contribution in [2.45, 2.75) is 19.3 Å². The molecule has 0 aliphatic carbocycles. The summed E-state index contributed by atoms with van der Waals surface area (Å²) in [7, 11) is 0. The van der Waals surface area contributed by atoms with Crippen molar-refractivity contribution in [2.24, 2.45) is 0 Å². The quantitative estimate of drug-likeness (QED) is 0.528. The zero-order valence-corrected chi connectivity index (χ0v) is 18.1. The lowest BCUT2D eigenvalue weighted by atomic mass is 10.0. The van der Waals surface area contributed by atoms with Crippen molar-refractivity contribution in [3.63, 3.8) is 0 Å². The molecule has 1 aliphatic heterocycles. The Morgan fingerprint density at radius 2 is 1.97 bits per heavy atom. The summed E-state index contributed by atoms with van der Waals surface area (Å²) >= 11 is 7.24. The molecule has 4 rings (SSSR count). The molecule has 0 radical (unpaired) electrons. The fourth-order valence-electron chi connectivity index (χ4n) is 3.48. The van der Waals surface area contributed by atoms with Crippen molar-refractivity contribution >= 4 is 46.4 Å². The van der Waals surface area contributed by atoms with Gasteiger partial charge in [-0.25, -0.2) is 9.69 Å². The molecule has 1 unspecified atom stereocenters. The van der Waals surface area contributed by atoms with Gasteiger partial charge < -0.3 is 9.84 Å². The van der Waals surface area contributed by atoms with Crippen molar-refractivity contribution in [3.8, 4) is 5.75 Å². The van der Waals surface area contributed by atoms with Gasteiger partial charge in [-0.05, 0) is 28.6 Å². The van der Waals surface area contributed by atoms with E-state index in [0.717, 1.165) is 21.8 Å². The standard InChI is InChI=1S/C23H18ClNO5S/c1-13(14-5-3-2-4-6-14)11-30-16-7-8-17(24)18(10-16)25-19(26)9-15-12-31-21(23(28)29)20(15)22(25)27/h2-8,10,12-13H,9,11H2,1H3,(H,28,29). The van der Waals surface area contributed by atoms with Crippen LogP contribution in [0, 0.1) is 0 Å². The number of amides is 2. The lowest BCUT2D eigenvalue weighted by Gasteiger charge is -2.27. The molecular formula is C23H18ClNO5S. The van der Waals surface area contributed by atoms with E-state index in [9.17, 15) is 19.5 Å². The van der Waals surface area contributed by atoms with Crippen molar-refractivity contribution in [1.29, 1.82) is 0 Å². The van der Waals surface area contributed by atoms with E-state index in [-0.39, 0.29) is 33.5 Å². The number of nitrogens with zero attached hydrogens (tertiary/aromatic N) is 1. The minimum atomic E-state index is -1.20. The van der Waals surface area contributed by atoms with Crippen LogP contribution in [0.4, 0.5) is 5.69 Å². The van der Waals surface area contributed by atoms with E-state index in [1.54, 1.807) is 12.1 Å². The lowest BCUT2D eigenvalue weighted by molar-refractivity contribution is -0.117. The Balaban J connectivity index is 1.61. The van der Waals surface area contributed by atoms with E-state index in [4.69, 9.17) is 16.3 Å². The second kappa shape index (κ2) is 8.53. The van der Waals surface area contributed by atoms with Gasteiger partial charge in [0.05, 0.1) is 29.3 Å². The van der Waals surface area contributed by atoms with Crippen LogP contribution in [-0.2, 0) is 11.2 Å². The monoisotopic (exact) mass is 455 g/mol. The van der Waals surface area contributed by atoms with Gasteiger partial charge in [0.1, 0.15) is 10.6 Å². The molecule has 0 saturated carbocycles. The molecular weight excluding hydrogens is 438 g/mol. The van der Waals surface area contributed by atoms with E-state index < -0.39 is 17.8 Å². The first kappa shape index (κ1) is 21.1. The fourth-order valence-corrected chi connectivity index (χ4v) is 4.58. The molecule has 0 spiro atoms. The van der Waals surface area contributed by atoms with Crippen LogP contribution in [0.3, 0.4) is 0 Å². The first-order valence-corrected chi connectivity index (χ1v) is 10.8. The largest absolute Gasteiger partial charge is 0.493 e. The number of anilines is 1. The third kappa shape index (κ3) is 4.06. The molecule has 3 aromatic rings. The first-order valence-electron chi connectivity index (χ1n) is 9.55. The van der Waals surface area contributed by atoms with Crippen molar-refractivity contribution < 1.29 is 24.2 Å². The number of imide groups is 1. The summed E-state index contributed by atoms with van der Waals surface area (Å²) < 4.78 is 5.90. The Kier molecular flexibility index (Phi) is 5.80. The topological polar surface area (TPSA) is 83.9 Å². The summed E-state index contributed by atoms with van der Waals surface area (Å²) in [6.45, 7) is 2.43. The highest BCUT2D eigenvalue weighted by Crippen LogP contribution is 2.36. The third-order valence-electron chi connectivity index (χ3n) is 5.10. The Morgan fingerprint density at radius 1 is 1.23 bits per heavy atom. The second-order valence-electron chi connectivity index (χ2n) is 7.22. The van der Waals surface area contributed by atoms with E-state index >= 15 is 0 Å². The molecule has 1 N–H and O–H groups in total. The van der Waals surface area contributed by atoms with Crippen LogP contribution in [-0.4, -0.2) is 29.5 Å². The Bertz CT molecular complexity index is 1170. The highest BCUT2D eigenvalue weighted by atomic mass is 35.5. The van der Waals surface area contributed by atoms with Crippen LogP contribution in [0.2, 0.25) is 5.02 Å². The van der Waals surface area contributed by atoms with Crippen molar-refractivity contribution in [3.05, 3.63) is 80.5 Å². The number of carboxylic acid groups (broad SMARTS) is 1. The first-order chi connectivity index (χ1) is 14.9. The van der Waals surface area contributed by atoms with Crippen LogP contribution in [0.25, 0.3) is 0 Å². The van der Waals surface area contributed by atoms with E-state index in [1.807, 2.05) is 37.3 Å². The molecule has 158 valence electrons. The molecule has 6 nitrogen and oxygen atoms in total. The average Bonchev–Trinajstić information content (AvgIpc) is 3.18. The average molecular weight is 456 g/mol. The molecule has 2 amide bonds. The highest BCUT2D eigenvalue weighted by Gasteiger charge is 2.37. The number of ether oxygens (including phenoxy) is 1. The summed E-state index contributed by atoms with van der Waals surface area (Å²) in [5.74, 6) is -1.78. The molecule has 8 heteroatoms.